The van der Waals surface area contributed by atoms with Crippen LogP contribution in [0, 0.1) is 34.5 Å². The third-order valence-corrected chi connectivity index (χ3v) is 6.74. The second kappa shape index (κ2) is 8.33. The lowest BCUT2D eigenvalue weighted by molar-refractivity contribution is -0.142. The van der Waals surface area contributed by atoms with Gasteiger partial charge in [0, 0.05) is 18.8 Å². The van der Waals surface area contributed by atoms with Gasteiger partial charge in [0.05, 0.1) is 13.0 Å². The molecule has 4 rings (SSSR count). The lowest BCUT2D eigenvalue weighted by atomic mass is 9.48. The Balaban J connectivity index is 1.53. The molecule has 4 bridgehead atoms. The van der Waals surface area contributed by atoms with Gasteiger partial charge in [-0.25, -0.2) is 0 Å². The molecule has 0 aromatic rings. The smallest absolute Gasteiger partial charge is 0.307 e. The van der Waals surface area contributed by atoms with Gasteiger partial charge in [-0.15, -0.1) is 0 Å². The molecule has 2 N–H and O–H groups in total. The number of nitrogens with zero attached hydrogens (tertiary/aromatic N) is 1. The van der Waals surface area contributed by atoms with E-state index < -0.39 is 0 Å². The molecule has 27 heavy (non-hydrogen) atoms. The van der Waals surface area contributed by atoms with Crippen molar-refractivity contribution < 1.29 is 14.3 Å². The molecule has 6 nitrogen and oxygen atoms in total. The fourth-order valence-corrected chi connectivity index (χ4v) is 5.87. The van der Waals surface area contributed by atoms with Crippen LogP contribution in [0.2, 0.25) is 0 Å². The number of carbonyl (C=O) groups is 2. The molecule has 4 fully saturated rings. The lowest BCUT2D eigenvalue weighted by Gasteiger charge is -2.59. The first-order valence-electron chi connectivity index (χ1n) is 10.3. The Kier molecular flexibility index (Phi) is 6.08. The van der Waals surface area contributed by atoms with Crippen LogP contribution in [0.5, 0.6) is 0 Å². The summed E-state index contributed by atoms with van der Waals surface area (Å²) in [6.07, 6.45) is 9.35. The summed E-state index contributed by atoms with van der Waals surface area (Å²) in [7, 11) is 0. The normalized spacial score (nSPS) is 32.5. The Morgan fingerprint density at radius 2 is 1.81 bits per heavy atom. The van der Waals surface area contributed by atoms with E-state index in [4.69, 9.17) is 4.74 Å². The van der Waals surface area contributed by atoms with Crippen LogP contribution in [-0.4, -0.2) is 31.1 Å². The maximum atomic E-state index is 12.6. The number of rotatable bonds is 8. The molecule has 0 heterocycles. The van der Waals surface area contributed by atoms with Crippen LogP contribution in [-0.2, 0) is 14.3 Å². The number of hydrogen-bond donors (Lipinski definition) is 2. The minimum atomic E-state index is -0.329. The van der Waals surface area contributed by atoms with Gasteiger partial charge < -0.3 is 15.4 Å². The van der Waals surface area contributed by atoms with Gasteiger partial charge in [0.1, 0.15) is 11.6 Å². The summed E-state index contributed by atoms with van der Waals surface area (Å²) in [4.78, 5) is 23.9. The van der Waals surface area contributed by atoms with Crippen molar-refractivity contribution in [2.45, 2.75) is 64.8 Å². The van der Waals surface area contributed by atoms with Crippen LogP contribution >= 0.6 is 0 Å². The first kappa shape index (κ1) is 19.7. The predicted molar refractivity (Wildman–Crippen MR) is 101 cm³/mol. The SMILES string of the molecule is CCOC(=O)CCN/C=C(/C#N)C(=O)NC(C)C12CC3CC(CC(C3)C1)C2. The van der Waals surface area contributed by atoms with Gasteiger partial charge in [0.2, 0.25) is 0 Å². The van der Waals surface area contributed by atoms with Gasteiger partial charge >= 0.3 is 5.97 Å². The first-order valence-corrected chi connectivity index (χ1v) is 10.3. The third kappa shape index (κ3) is 4.45. The molecule has 1 atom stereocenters. The van der Waals surface area contributed by atoms with Gasteiger partial charge in [0.25, 0.3) is 5.91 Å². The van der Waals surface area contributed by atoms with Gasteiger partial charge in [-0.05, 0) is 75.5 Å². The van der Waals surface area contributed by atoms with E-state index in [1.165, 1.54) is 44.7 Å². The Morgan fingerprint density at radius 3 is 2.33 bits per heavy atom. The molecule has 1 unspecified atom stereocenters. The highest BCUT2D eigenvalue weighted by atomic mass is 16.5. The molecule has 0 aromatic heterocycles. The molecule has 0 spiro atoms. The number of carbonyl (C=O) groups excluding carboxylic acids is 2. The summed E-state index contributed by atoms with van der Waals surface area (Å²) in [5.74, 6) is 1.85. The van der Waals surface area contributed by atoms with Gasteiger partial charge in [0.15, 0.2) is 0 Å². The summed E-state index contributed by atoms with van der Waals surface area (Å²) >= 11 is 0. The molecule has 0 saturated heterocycles. The van der Waals surface area contributed by atoms with E-state index in [2.05, 4.69) is 17.6 Å². The maximum Gasteiger partial charge on any atom is 0.307 e. The number of esters is 1. The fourth-order valence-electron chi connectivity index (χ4n) is 5.87. The van der Waals surface area contributed by atoms with Crippen molar-refractivity contribution >= 4 is 11.9 Å². The summed E-state index contributed by atoms with van der Waals surface area (Å²) in [5, 5.41) is 15.3. The second-order valence-corrected chi connectivity index (χ2v) is 8.65. The monoisotopic (exact) mass is 373 g/mol. The zero-order valence-corrected chi connectivity index (χ0v) is 16.4. The van der Waals surface area contributed by atoms with Crippen molar-refractivity contribution in [3.63, 3.8) is 0 Å². The number of nitriles is 1. The average Bonchev–Trinajstić information content (AvgIpc) is 2.60. The van der Waals surface area contributed by atoms with E-state index >= 15 is 0 Å². The maximum absolute atomic E-state index is 12.6. The van der Waals surface area contributed by atoms with E-state index in [1.54, 1.807) is 6.92 Å². The fraction of sp³-hybridized carbons (Fsp3) is 0.762. The van der Waals surface area contributed by atoms with Crippen molar-refractivity contribution in [1.82, 2.24) is 10.6 Å². The van der Waals surface area contributed by atoms with Crippen LogP contribution in [0.15, 0.2) is 11.8 Å². The van der Waals surface area contributed by atoms with E-state index in [1.807, 2.05) is 6.07 Å². The van der Waals surface area contributed by atoms with Gasteiger partial charge in [-0.3, -0.25) is 9.59 Å². The van der Waals surface area contributed by atoms with Gasteiger partial charge in [-0.1, -0.05) is 0 Å². The van der Waals surface area contributed by atoms with Crippen LogP contribution in [0.25, 0.3) is 0 Å². The van der Waals surface area contributed by atoms with Crippen molar-refractivity contribution in [2.24, 2.45) is 23.2 Å². The highest BCUT2D eigenvalue weighted by molar-refractivity contribution is 5.97. The molecular weight excluding hydrogens is 342 g/mol. The average molecular weight is 373 g/mol. The minimum absolute atomic E-state index is 0.0513. The zero-order chi connectivity index (χ0) is 19.4. The molecule has 6 heteroatoms. The van der Waals surface area contributed by atoms with Crippen molar-refractivity contribution in [2.75, 3.05) is 13.2 Å². The van der Waals surface area contributed by atoms with Crippen LogP contribution < -0.4 is 10.6 Å². The Hall–Kier alpha value is -2.03. The van der Waals surface area contributed by atoms with Crippen LogP contribution in [0.4, 0.5) is 0 Å². The largest absolute Gasteiger partial charge is 0.466 e. The second-order valence-electron chi connectivity index (χ2n) is 8.65. The molecular formula is C21H31N3O3. The molecule has 0 aromatic carbocycles. The van der Waals surface area contributed by atoms with Crippen LogP contribution in [0.3, 0.4) is 0 Å². The quantitative estimate of drug-likeness (QED) is 0.295. The highest BCUT2D eigenvalue weighted by Crippen LogP contribution is 2.61. The first-order chi connectivity index (χ1) is 13.0. The van der Waals surface area contributed by atoms with Crippen molar-refractivity contribution in [3.05, 3.63) is 11.8 Å². The Labute approximate surface area is 161 Å². The standard InChI is InChI=1S/C21H31N3O3/c1-3-27-19(25)4-5-23-13-18(12-22)20(26)24-14(2)21-9-15-6-16(10-21)8-17(7-15)11-21/h13-17,23H,3-11H2,1-2H3,(H,24,26)/b18-13-. The molecule has 4 aliphatic rings. The molecule has 0 radical (unpaired) electrons. The van der Waals surface area contributed by atoms with E-state index in [0.717, 1.165) is 17.8 Å². The Bertz CT molecular complexity index is 614. The summed E-state index contributed by atoms with van der Waals surface area (Å²) in [5.41, 5.74) is 0.262. The van der Waals surface area contributed by atoms with Crippen molar-refractivity contribution in [1.29, 1.82) is 5.26 Å². The van der Waals surface area contributed by atoms with Gasteiger partial charge in [-0.2, -0.15) is 5.26 Å². The molecule has 0 aliphatic heterocycles. The summed E-state index contributed by atoms with van der Waals surface area (Å²) in [6.45, 7) is 4.55. The molecule has 4 saturated carbocycles. The van der Waals surface area contributed by atoms with Crippen molar-refractivity contribution in [3.8, 4) is 6.07 Å². The van der Waals surface area contributed by atoms with E-state index in [-0.39, 0.29) is 35.3 Å². The topological polar surface area (TPSA) is 91.2 Å². The predicted octanol–water partition coefficient (Wildman–Crippen LogP) is 2.66. The molecule has 148 valence electrons. The minimum Gasteiger partial charge on any atom is -0.466 e. The Morgan fingerprint density at radius 1 is 1.22 bits per heavy atom. The number of hydrogen-bond acceptors (Lipinski definition) is 5. The van der Waals surface area contributed by atoms with Crippen LogP contribution in [0.1, 0.15) is 58.8 Å². The molecule has 1 amide bonds. The highest BCUT2D eigenvalue weighted by Gasteiger charge is 2.53. The lowest BCUT2D eigenvalue weighted by Crippen LogP contribution is -2.56. The summed E-state index contributed by atoms with van der Waals surface area (Å²) in [6, 6.07) is 2.04. The third-order valence-electron chi connectivity index (χ3n) is 6.74. The zero-order valence-electron chi connectivity index (χ0n) is 16.4. The van der Waals surface area contributed by atoms with E-state index in [0.29, 0.717) is 13.2 Å². The van der Waals surface area contributed by atoms with E-state index in [9.17, 15) is 14.9 Å². The number of ether oxygens (including phenoxy) is 1. The molecule has 4 aliphatic carbocycles. The number of nitrogens with one attached hydrogen (secondary N) is 2. The number of amides is 1. The summed E-state index contributed by atoms with van der Waals surface area (Å²) < 4.78 is 4.85.